The van der Waals surface area contributed by atoms with E-state index in [9.17, 15) is 15.2 Å². The van der Waals surface area contributed by atoms with Gasteiger partial charge in [0.05, 0.1) is 11.5 Å². The van der Waals surface area contributed by atoms with Crippen LogP contribution in [0.2, 0.25) is 0 Å². The maximum atomic E-state index is 11.3. The molecule has 128 valence electrons. The minimum atomic E-state index is -0.856. The number of hydrogen-bond donors (Lipinski definition) is 1. The van der Waals surface area contributed by atoms with Crippen LogP contribution in [0.15, 0.2) is 61.1 Å². The van der Waals surface area contributed by atoms with Gasteiger partial charge in [-0.2, -0.15) is 5.10 Å². The summed E-state index contributed by atoms with van der Waals surface area (Å²) in [6.45, 7) is 0.140. The number of aliphatic hydroxyl groups is 1. The molecule has 0 spiro atoms. The quantitative estimate of drug-likeness (QED) is 0.523. The second-order valence-corrected chi connectivity index (χ2v) is 5.36. The smallest absolute Gasteiger partial charge is 0.314 e. The molecule has 0 aliphatic rings. The highest BCUT2D eigenvalue weighted by atomic mass is 16.6. The van der Waals surface area contributed by atoms with Crippen molar-refractivity contribution in [2.75, 3.05) is 6.61 Å². The largest absolute Gasteiger partial charge is 0.491 e. The number of aliphatic hydroxyl groups excluding tert-OH is 1. The normalized spacial score (nSPS) is 11.9. The fourth-order valence-electron chi connectivity index (χ4n) is 2.33. The predicted molar refractivity (Wildman–Crippen MR) is 90.1 cm³/mol. The first-order valence-corrected chi connectivity index (χ1v) is 7.61. The Morgan fingerprint density at radius 1 is 1.20 bits per heavy atom. The van der Waals surface area contributed by atoms with Crippen molar-refractivity contribution in [2.24, 2.45) is 0 Å². The Kier molecular flexibility index (Phi) is 5.00. The van der Waals surface area contributed by atoms with Gasteiger partial charge in [0.1, 0.15) is 24.7 Å². The number of nitro groups is 1. The molecule has 0 saturated heterocycles. The summed E-state index contributed by atoms with van der Waals surface area (Å²) in [7, 11) is 0. The minimum Gasteiger partial charge on any atom is -0.491 e. The van der Waals surface area contributed by atoms with E-state index in [1.807, 2.05) is 18.2 Å². The summed E-state index contributed by atoms with van der Waals surface area (Å²) >= 11 is 0. The molecule has 25 heavy (non-hydrogen) atoms. The first-order valence-electron chi connectivity index (χ1n) is 7.61. The molecule has 0 amide bonds. The third-order valence-electron chi connectivity index (χ3n) is 3.48. The molecule has 0 aliphatic carbocycles. The Morgan fingerprint density at radius 2 is 1.92 bits per heavy atom. The molecule has 2 aromatic heterocycles. The highest BCUT2D eigenvalue weighted by molar-refractivity contribution is 5.68. The molecule has 0 aliphatic heterocycles. The number of para-hydroxylation sites is 1. The van der Waals surface area contributed by atoms with Crippen LogP contribution in [0.1, 0.15) is 0 Å². The fourth-order valence-corrected chi connectivity index (χ4v) is 2.33. The lowest BCUT2D eigenvalue weighted by Crippen LogP contribution is -2.23. The first kappa shape index (κ1) is 16.6. The van der Waals surface area contributed by atoms with E-state index >= 15 is 0 Å². The average Bonchev–Trinajstić information content (AvgIpc) is 3.06. The number of pyridine rings is 1. The molecular formula is C17H16N4O4. The Bertz CT molecular complexity index is 836. The van der Waals surface area contributed by atoms with Crippen molar-refractivity contribution in [3.63, 3.8) is 0 Å². The summed E-state index contributed by atoms with van der Waals surface area (Å²) < 4.78 is 6.83. The third kappa shape index (κ3) is 4.18. The second-order valence-electron chi connectivity index (χ2n) is 5.36. The van der Waals surface area contributed by atoms with E-state index in [0.717, 1.165) is 0 Å². The van der Waals surface area contributed by atoms with Gasteiger partial charge in [0.25, 0.3) is 0 Å². The van der Waals surface area contributed by atoms with E-state index in [0.29, 0.717) is 11.3 Å². The van der Waals surface area contributed by atoms with Crippen LogP contribution in [-0.2, 0) is 6.54 Å². The van der Waals surface area contributed by atoms with Crippen LogP contribution < -0.4 is 4.74 Å². The van der Waals surface area contributed by atoms with Crippen molar-refractivity contribution in [2.45, 2.75) is 12.6 Å². The van der Waals surface area contributed by atoms with Gasteiger partial charge < -0.3 is 9.84 Å². The molecular weight excluding hydrogens is 324 g/mol. The predicted octanol–water partition coefficient (Wildman–Crippen LogP) is 2.29. The molecule has 0 fully saturated rings. The van der Waals surface area contributed by atoms with Crippen molar-refractivity contribution in [3.05, 3.63) is 71.2 Å². The van der Waals surface area contributed by atoms with Gasteiger partial charge in [-0.15, -0.1) is 0 Å². The van der Waals surface area contributed by atoms with E-state index in [1.54, 1.807) is 36.7 Å². The lowest BCUT2D eigenvalue weighted by atomic mass is 10.2. The van der Waals surface area contributed by atoms with Gasteiger partial charge in [-0.25, -0.2) is 0 Å². The SMILES string of the molecule is O=[N+]([O-])c1cn(CC(O)COc2ccccc2)nc1-c1ccncc1. The fraction of sp³-hybridized carbons (Fsp3) is 0.176. The molecule has 3 aromatic rings. The maximum absolute atomic E-state index is 11.3. The zero-order chi connectivity index (χ0) is 17.6. The van der Waals surface area contributed by atoms with Crippen molar-refractivity contribution in [1.82, 2.24) is 14.8 Å². The molecule has 0 radical (unpaired) electrons. The lowest BCUT2D eigenvalue weighted by molar-refractivity contribution is -0.384. The Hall–Kier alpha value is -3.26. The topological polar surface area (TPSA) is 103 Å². The van der Waals surface area contributed by atoms with Crippen LogP contribution in [-0.4, -0.2) is 37.5 Å². The second kappa shape index (κ2) is 7.54. The van der Waals surface area contributed by atoms with Crippen molar-refractivity contribution < 1.29 is 14.8 Å². The van der Waals surface area contributed by atoms with Crippen LogP contribution in [0.4, 0.5) is 5.69 Å². The third-order valence-corrected chi connectivity index (χ3v) is 3.48. The number of rotatable bonds is 7. The number of ether oxygens (including phenoxy) is 1. The monoisotopic (exact) mass is 340 g/mol. The number of aromatic nitrogens is 3. The van der Waals surface area contributed by atoms with Crippen LogP contribution in [0.5, 0.6) is 5.75 Å². The molecule has 1 N–H and O–H groups in total. The molecule has 1 unspecified atom stereocenters. The van der Waals surface area contributed by atoms with Gasteiger partial charge in [-0.3, -0.25) is 19.8 Å². The summed E-state index contributed by atoms with van der Waals surface area (Å²) in [6, 6.07) is 12.4. The molecule has 3 rings (SSSR count). The number of nitrogens with zero attached hydrogens (tertiary/aromatic N) is 4. The van der Waals surface area contributed by atoms with E-state index in [1.165, 1.54) is 10.9 Å². The van der Waals surface area contributed by atoms with E-state index < -0.39 is 11.0 Å². The molecule has 2 heterocycles. The summed E-state index contributed by atoms with van der Waals surface area (Å²) in [5.74, 6) is 0.644. The van der Waals surface area contributed by atoms with Gasteiger partial charge >= 0.3 is 5.69 Å². The van der Waals surface area contributed by atoms with Crippen molar-refractivity contribution in [1.29, 1.82) is 0 Å². The van der Waals surface area contributed by atoms with E-state index in [-0.39, 0.29) is 24.5 Å². The average molecular weight is 340 g/mol. The Balaban J connectivity index is 1.71. The Labute approximate surface area is 143 Å². The molecule has 8 heteroatoms. The van der Waals surface area contributed by atoms with Gasteiger partial charge in [-0.05, 0) is 24.3 Å². The molecule has 0 saturated carbocycles. The number of hydrogen-bond acceptors (Lipinski definition) is 6. The van der Waals surface area contributed by atoms with Crippen LogP contribution in [0.3, 0.4) is 0 Å². The van der Waals surface area contributed by atoms with Crippen molar-refractivity contribution in [3.8, 4) is 17.0 Å². The summed E-state index contributed by atoms with van der Waals surface area (Å²) in [5.41, 5.74) is 0.710. The summed E-state index contributed by atoms with van der Waals surface area (Å²) in [5, 5.41) is 25.6. The van der Waals surface area contributed by atoms with Gasteiger partial charge in [0.2, 0.25) is 0 Å². The zero-order valence-electron chi connectivity index (χ0n) is 13.2. The van der Waals surface area contributed by atoms with E-state index in [2.05, 4.69) is 10.1 Å². The van der Waals surface area contributed by atoms with Crippen molar-refractivity contribution >= 4 is 5.69 Å². The highest BCUT2D eigenvalue weighted by Crippen LogP contribution is 2.27. The molecule has 1 atom stereocenters. The Morgan fingerprint density at radius 3 is 2.60 bits per heavy atom. The first-order chi connectivity index (χ1) is 12.1. The molecule has 0 bridgehead atoms. The van der Waals surface area contributed by atoms with Crippen LogP contribution in [0.25, 0.3) is 11.3 Å². The molecule has 1 aromatic carbocycles. The van der Waals surface area contributed by atoms with Crippen LogP contribution >= 0.6 is 0 Å². The van der Waals surface area contributed by atoms with Gasteiger partial charge in [0.15, 0.2) is 5.69 Å². The lowest BCUT2D eigenvalue weighted by Gasteiger charge is -2.12. The zero-order valence-corrected chi connectivity index (χ0v) is 13.2. The number of benzene rings is 1. The van der Waals surface area contributed by atoms with Crippen LogP contribution in [0, 0.1) is 10.1 Å². The molecule has 8 nitrogen and oxygen atoms in total. The minimum absolute atomic E-state index is 0.0578. The maximum Gasteiger partial charge on any atom is 0.314 e. The van der Waals surface area contributed by atoms with E-state index in [4.69, 9.17) is 4.74 Å². The van der Waals surface area contributed by atoms with Gasteiger partial charge in [0, 0.05) is 18.0 Å². The summed E-state index contributed by atoms with van der Waals surface area (Å²) in [6.07, 6.45) is 3.54. The van der Waals surface area contributed by atoms with Gasteiger partial charge in [-0.1, -0.05) is 18.2 Å². The highest BCUT2D eigenvalue weighted by Gasteiger charge is 2.22. The standard InChI is InChI=1S/C17H16N4O4/c22-14(12-25-15-4-2-1-3-5-15)10-20-11-16(21(23)24)17(19-20)13-6-8-18-9-7-13/h1-9,11,14,22H,10,12H2. The summed E-state index contributed by atoms with van der Waals surface area (Å²) in [4.78, 5) is 14.7.